The Labute approximate surface area is 123 Å². The van der Waals surface area contributed by atoms with Gasteiger partial charge in [0.1, 0.15) is 23.9 Å². The first kappa shape index (κ1) is 13.6. The van der Waals surface area contributed by atoms with Gasteiger partial charge >= 0.3 is 0 Å². The molecule has 3 nitrogen and oxygen atoms in total. The minimum absolute atomic E-state index is 0.219. The lowest BCUT2D eigenvalue weighted by Gasteiger charge is -2.06. The van der Waals surface area contributed by atoms with E-state index in [1.165, 1.54) is 6.07 Å². The molecule has 0 unspecified atom stereocenters. The molecule has 1 heterocycles. The number of fused-ring (bicyclic) bond motifs is 1. The van der Waals surface area contributed by atoms with Crippen molar-refractivity contribution in [3.8, 4) is 5.75 Å². The molecule has 0 aliphatic rings. The lowest BCUT2D eigenvalue weighted by atomic mass is 10.2. The van der Waals surface area contributed by atoms with Crippen molar-refractivity contribution in [2.24, 2.45) is 0 Å². The maximum Gasteiger partial charge on any atom is 0.133 e. The van der Waals surface area contributed by atoms with Crippen LogP contribution in [0.5, 0.6) is 5.75 Å². The van der Waals surface area contributed by atoms with E-state index >= 15 is 0 Å². The van der Waals surface area contributed by atoms with E-state index in [0.29, 0.717) is 17.9 Å². The highest BCUT2D eigenvalue weighted by Gasteiger charge is 2.10. The van der Waals surface area contributed by atoms with Crippen molar-refractivity contribution in [3.63, 3.8) is 0 Å². The fourth-order valence-electron chi connectivity index (χ4n) is 2.40. The first-order chi connectivity index (χ1) is 10.2. The van der Waals surface area contributed by atoms with Gasteiger partial charge in [0.2, 0.25) is 0 Å². The van der Waals surface area contributed by atoms with Gasteiger partial charge in [-0.1, -0.05) is 18.2 Å². The molecule has 108 valence electrons. The molecule has 0 radical (unpaired) electrons. The Morgan fingerprint density at radius 1 is 1.19 bits per heavy atom. The largest absolute Gasteiger partial charge is 0.487 e. The second-order valence-corrected chi connectivity index (χ2v) is 4.98. The number of hydrogen-bond donors (Lipinski definition) is 0. The molecule has 0 aliphatic heterocycles. The van der Waals surface area contributed by atoms with Crippen molar-refractivity contribution in [1.29, 1.82) is 0 Å². The average molecular weight is 284 g/mol. The van der Waals surface area contributed by atoms with E-state index in [2.05, 4.69) is 18.1 Å². The first-order valence-electron chi connectivity index (χ1n) is 7.02. The zero-order valence-corrected chi connectivity index (χ0v) is 12.1. The topological polar surface area (TPSA) is 27.1 Å². The predicted octanol–water partition coefficient (Wildman–Crippen LogP) is 4.08. The molecule has 0 N–H and O–H groups in total. The van der Waals surface area contributed by atoms with Gasteiger partial charge in [-0.25, -0.2) is 4.39 Å². The zero-order chi connectivity index (χ0) is 14.8. The van der Waals surface area contributed by atoms with Gasteiger partial charge in [0.15, 0.2) is 0 Å². The summed E-state index contributed by atoms with van der Waals surface area (Å²) in [6, 6.07) is 12.9. The highest BCUT2D eigenvalue weighted by atomic mass is 19.1. The number of rotatable bonds is 4. The summed E-state index contributed by atoms with van der Waals surface area (Å²) in [6.07, 6.45) is 0. The minimum atomic E-state index is -0.219. The number of benzene rings is 2. The van der Waals surface area contributed by atoms with E-state index in [4.69, 9.17) is 4.74 Å². The predicted molar refractivity (Wildman–Crippen MR) is 80.9 cm³/mol. The number of halogens is 1. The van der Waals surface area contributed by atoms with E-state index in [1.54, 1.807) is 19.1 Å². The van der Waals surface area contributed by atoms with Gasteiger partial charge in [0.25, 0.3) is 0 Å². The van der Waals surface area contributed by atoms with E-state index < -0.39 is 0 Å². The normalized spacial score (nSPS) is 11.0. The van der Waals surface area contributed by atoms with Gasteiger partial charge in [-0.3, -0.25) is 4.68 Å². The lowest BCUT2D eigenvalue weighted by molar-refractivity contribution is 0.300. The molecule has 0 amide bonds. The summed E-state index contributed by atoms with van der Waals surface area (Å²) >= 11 is 0. The van der Waals surface area contributed by atoms with Crippen LogP contribution < -0.4 is 4.74 Å². The summed E-state index contributed by atoms with van der Waals surface area (Å²) in [5, 5.41) is 5.68. The quantitative estimate of drug-likeness (QED) is 0.721. The van der Waals surface area contributed by atoms with Crippen molar-refractivity contribution < 1.29 is 9.13 Å². The van der Waals surface area contributed by atoms with Gasteiger partial charge < -0.3 is 4.74 Å². The van der Waals surface area contributed by atoms with E-state index in [-0.39, 0.29) is 5.82 Å². The smallest absolute Gasteiger partial charge is 0.133 e. The van der Waals surface area contributed by atoms with Crippen molar-refractivity contribution in [1.82, 2.24) is 9.78 Å². The van der Waals surface area contributed by atoms with Gasteiger partial charge in [-0.2, -0.15) is 5.10 Å². The fourth-order valence-corrected chi connectivity index (χ4v) is 2.40. The highest BCUT2D eigenvalue weighted by Crippen LogP contribution is 2.21. The summed E-state index contributed by atoms with van der Waals surface area (Å²) in [4.78, 5) is 0. The lowest BCUT2D eigenvalue weighted by Crippen LogP contribution is -2.00. The number of aromatic nitrogens is 2. The van der Waals surface area contributed by atoms with E-state index in [9.17, 15) is 4.39 Å². The second-order valence-electron chi connectivity index (χ2n) is 4.98. The van der Waals surface area contributed by atoms with Crippen LogP contribution in [-0.2, 0) is 13.2 Å². The van der Waals surface area contributed by atoms with E-state index in [0.717, 1.165) is 23.1 Å². The third kappa shape index (κ3) is 2.61. The molecule has 0 fully saturated rings. The molecule has 0 saturated carbocycles. The Hall–Kier alpha value is -2.36. The summed E-state index contributed by atoms with van der Waals surface area (Å²) in [5.41, 5.74) is 2.58. The van der Waals surface area contributed by atoms with Crippen LogP contribution in [0.4, 0.5) is 4.39 Å². The molecule has 1 aromatic heterocycles. The summed E-state index contributed by atoms with van der Waals surface area (Å²) in [6.45, 7) is 4.98. The van der Waals surface area contributed by atoms with Crippen LogP contribution in [0.25, 0.3) is 10.9 Å². The number of ether oxygens (including phenoxy) is 1. The molecule has 0 spiro atoms. The summed E-state index contributed by atoms with van der Waals surface area (Å²) < 4.78 is 21.0. The standard InChI is InChI=1S/C17H17FN2O/c1-3-20-17-7-5-4-6-14(17)16(19-20)11-21-13-8-9-15(18)12(2)10-13/h4-10H,3,11H2,1-2H3. The van der Waals surface area contributed by atoms with Gasteiger partial charge in [-0.15, -0.1) is 0 Å². The maximum atomic E-state index is 13.2. The van der Waals surface area contributed by atoms with Crippen molar-refractivity contribution in [2.75, 3.05) is 0 Å². The van der Waals surface area contributed by atoms with Crippen LogP contribution in [-0.4, -0.2) is 9.78 Å². The van der Waals surface area contributed by atoms with E-state index in [1.807, 2.05) is 22.9 Å². The molecule has 3 rings (SSSR count). The van der Waals surface area contributed by atoms with Crippen molar-refractivity contribution in [2.45, 2.75) is 27.0 Å². The number of para-hydroxylation sites is 1. The molecular formula is C17H17FN2O. The molecule has 3 aromatic rings. The third-order valence-electron chi connectivity index (χ3n) is 3.54. The Morgan fingerprint density at radius 2 is 2.00 bits per heavy atom. The summed E-state index contributed by atoms with van der Waals surface area (Å²) in [5.74, 6) is 0.437. The van der Waals surface area contributed by atoms with Crippen LogP contribution in [0, 0.1) is 12.7 Å². The monoisotopic (exact) mass is 284 g/mol. The average Bonchev–Trinajstić information content (AvgIpc) is 2.87. The molecule has 4 heteroatoms. The first-order valence-corrected chi connectivity index (χ1v) is 7.02. The number of aryl methyl sites for hydroxylation is 2. The molecule has 2 aromatic carbocycles. The van der Waals surface area contributed by atoms with Crippen LogP contribution in [0.3, 0.4) is 0 Å². The van der Waals surface area contributed by atoms with Crippen LogP contribution in [0.15, 0.2) is 42.5 Å². The SMILES string of the molecule is CCn1nc(COc2ccc(F)c(C)c2)c2ccccc21. The van der Waals surface area contributed by atoms with Gasteiger partial charge in [0, 0.05) is 11.9 Å². The van der Waals surface area contributed by atoms with Crippen molar-refractivity contribution in [3.05, 3.63) is 59.5 Å². The second kappa shape index (κ2) is 5.56. The summed E-state index contributed by atoms with van der Waals surface area (Å²) in [7, 11) is 0. The van der Waals surface area contributed by atoms with Gasteiger partial charge in [0.05, 0.1) is 5.52 Å². The van der Waals surface area contributed by atoms with Crippen LogP contribution >= 0.6 is 0 Å². The molecule has 0 aliphatic carbocycles. The molecule has 0 atom stereocenters. The highest BCUT2D eigenvalue weighted by molar-refractivity contribution is 5.81. The minimum Gasteiger partial charge on any atom is -0.487 e. The van der Waals surface area contributed by atoms with Gasteiger partial charge in [-0.05, 0) is 43.7 Å². The molecule has 21 heavy (non-hydrogen) atoms. The number of hydrogen-bond acceptors (Lipinski definition) is 2. The molecule has 0 saturated heterocycles. The Bertz CT molecular complexity index is 780. The maximum absolute atomic E-state index is 13.2. The zero-order valence-electron chi connectivity index (χ0n) is 12.1. The van der Waals surface area contributed by atoms with Crippen molar-refractivity contribution >= 4 is 10.9 Å². The van der Waals surface area contributed by atoms with Crippen LogP contribution in [0.1, 0.15) is 18.2 Å². The Balaban J connectivity index is 1.86. The number of nitrogens with zero attached hydrogens (tertiary/aromatic N) is 2. The molecular weight excluding hydrogens is 267 g/mol. The molecule has 0 bridgehead atoms. The fraction of sp³-hybridized carbons (Fsp3) is 0.235. The third-order valence-corrected chi connectivity index (χ3v) is 3.54. The Morgan fingerprint density at radius 3 is 2.76 bits per heavy atom. The Kier molecular flexibility index (Phi) is 3.60. The van der Waals surface area contributed by atoms with Crippen LogP contribution in [0.2, 0.25) is 0 Å².